The second kappa shape index (κ2) is 4.18. The van der Waals surface area contributed by atoms with Gasteiger partial charge in [-0.1, -0.05) is 29.8 Å². The maximum atomic E-state index is 10.9. The Balaban J connectivity index is 2.14. The molecule has 1 aromatic carbocycles. The van der Waals surface area contributed by atoms with Crippen molar-refractivity contribution < 1.29 is 4.79 Å². The van der Waals surface area contributed by atoms with Crippen LogP contribution in [0.4, 0.5) is 0 Å². The molecule has 0 fully saturated rings. The second-order valence-corrected chi connectivity index (χ2v) is 3.78. The fourth-order valence-electron chi connectivity index (χ4n) is 1.46. The first-order chi connectivity index (χ1) is 7.65. The molecule has 0 aliphatic rings. The van der Waals surface area contributed by atoms with Crippen molar-refractivity contribution in [2.45, 2.75) is 13.5 Å². The molecule has 0 bridgehead atoms. The van der Waals surface area contributed by atoms with Crippen LogP contribution in [0.2, 0.25) is 0 Å². The summed E-state index contributed by atoms with van der Waals surface area (Å²) in [7, 11) is 0. The maximum Gasteiger partial charge on any atom is 0.251 e. The van der Waals surface area contributed by atoms with E-state index < -0.39 is 5.91 Å². The van der Waals surface area contributed by atoms with Gasteiger partial charge in [-0.05, 0) is 12.5 Å². The summed E-state index contributed by atoms with van der Waals surface area (Å²) in [6, 6.07) is 8.18. The van der Waals surface area contributed by atoms with E-state index in [2.05, 4.69) is 5.10 Å². The normalized spacial score (nSPS) is 10.3. The topological polar surface area (TPSA) is 60.9 Å². The number of aryl methyl sites for hydroxylation is 1. The summed E-state index contributed by atoms with van der Waals surface area (Å²) >= 11 is 0. The Morgan fingerprint density at radius 2 is 2.06 bits per heavy atom. The molecule has 0 aliphatic heterocycles. The highest BCUT2D eigenvalue weighted by atomic mass is 16.1. The van der Waals surface area contributed by atoms with Crippen LogP contribution in [0.15, 0.2) is 36.7 Å². The van der Waals surface area contributed by atoms with Crippen LogP contribution < -0.4 is 5.73 Å². The van der Waals surface area contributed by atoms with Gasteiger partial charge < -0.3 is 5.73 Å². The average molecular weight is 215 g/mol. The summed E-state index contributed by atoms with van der Waals surface area (Å²) in [5.41, 5.74) is 7.95. The first-order valence-corrected chi connectivity index (χ1v) is 5.03. The molecule has 4 heteroatoms. The molecule has 0 atom stereocenters. The van der Waals surface area contributed by atoms with Crippen LogP contribution in [0, 0.1) is 6.92 Å². The number of carbonyl (C=O) groups excluding carboxylic acids is 1. The van der Waals surface area contributed by atoms with Crippen LogP contribution in [0.5, 0.6) is 0 Å². The summed E-state index contributed by atoms with van der Waals surface area (Å²) in [5, 5.41) is 4.07. The van der Waals surface area contributed by atoms with Crippen LogP contribution in [0.25, 0.3) is 0 Å². The van der Waals surface area contributed by atoms with Gasteiger partial charge in [0, 0.05) is 6.20 Å². The van der Waals surface area contributed by atoms with Crippen molar-refractivity contribution in [2.24, 2.45) is 5.73 Å². The maximum absolute atomic E-state index is 10.9. The lowest BCUT2D eigenvalue weighted by Gasteiger charge is -2.01. The van der Waals surface area contributed by atoms with Crippen molar-refractivity contribution in [3.8, 4) is 0 Å². The summed E-state index contributed by atoms with van der Waals surface area (Å²) in [4.78, 5) is 10.9. The lowest BCUT2D eigenvalue weighted by molar-refractivity contribution is 0.1000. The molecule has 1 aromatic heterocycles. The third-order valence-electron chi connectivity index (χ3n) is 2.38. The van der Waals surface area contributed by atoms with E-state index in [-0.39, 0.29) is 0 Å². The van der Waals surface area contributed by atoms with Crippen molar-refractivity contribution in [1.29, 1.82) is 0 Å². The van der Waals surface area contributed by atoms with Crippen molar-refractivity contribution in [3.63, 3.8) is 0 Å². The minimum absolute atomic E-state index is 0.437. The Morgan fingerprint density at radius 1 is 1.38 bits per heavy atom. The largest absolute Gasteiger partial charge is 0.366 e. The van der Waals surface area contributed by atoms with E-state index in [1.165, 1.54) is 11.8 Å². The number of hydrogen-bond acceptors (Lipinski definition) is 2. The lowest BCUT2D eigenvalue weighted by Crippen LogP contribution is -2.09. The zero-order valence-electron chi connectivity index (χ0n) is 9.05. The van der Waals surface area contributed by atoms with Crippen LogP contribution in [-0.4, -0.2) is 15.7 Å². The molecule has 1 amide bonds. The molecule has 0 aliphatic carbocycles. The molecule has 16 heavy (non-hydrogen) atoms. The minimum atomic E-state index is -0.449. The molecular weight excluding hydrogens is 202 g/mol. The highest BCUT2D eigenvalue weighted by molar-refractivity contribution is 5.92. The number of nitrogens with two attached hydrogens (primary N) is 1. The van der Waals surface area contributed by atoms with E-state index in [9.17, 15) is 4.79 Å². The van der Waals surface area contributed by atoms with E-state index in [0.29, 0.717) is 12.1 Å². The van der Waals surface area contributed by atoms with Crippen LogP contribution in [0.3, 0.4) is 0 Å². The first-order valence-electron chi connectivity index (χ1n) is 5.03. The van der Waals surface area contributed by atoms with Crippen LogP contribution in [-0.2, 0) is 6.54 Å². The van der Waals surface area contributed by atoms with Gasteiger partial charge in [0.05, 0.1) is 18.3 Å². The van der Waals surface area contributed by atoms with Crippen LogP contribution in [0.1, 0.15) is 21.5 Å². The number of amides is 1. The van der Waals surface area contributed by atoms with Gasteiger partial charge >= 0.3 is 0 Å². The van der Waals surface area contributed by atoms with Gasteiger partial charge in [0.1, 0.15) is 0 Å². The molecule has 2 rings (SSSR count). The van der Waals surface area contributed by atoms with E-state index in [0.717, 1.165) is 5.56 Å². The summed E-state index contributed by atoms with van der Waals surface area (Å²) < 4.78 is 1.70. The van der Waals surface area contributed by atoms with Crippen molar-refractivity contribution >= 4 is 5.91 Å². The molecule has 0 radical (unpaired) electrons. The molecule has 4 nitrogen and oxygen atoms in total. The Labute approximate surface area is 93.7 Å². The predicted molar refractivity (Wildman–Crippen MR) is 61.0 cm³/mol. The lowest BCUT2D eigenvalue weighted by atomic mass is 10.1. The van der Waals surface area contributed by atoms with Gasteiger partial charge in [-0.15, -0.1) is 0 Å². The fraction of sp³-hybridized carbons (Fsp3) is 0.167. The number of primary amides is 1. The van der Waals surface area contributed by atoms with E-state index in [4.69, 9.17) is 5.73 Å². The predicted octanol–water partition coefficient (Wildman–Crippen LogP) is 1.34. The number of benzene rings is 1. The average Bonchev–Trinajstić information content (AvgIpc) is 2.70. The standard InChI is InChI=1S/C12H13N3O/c1-9-2-4-10(5-3-9)7-15-8-11(6-14-15)12(13)16/h2-6,8H,7H2,1H3,(H2,13,16). The Bertz CT molecular complexity index is 499. The van der Waals surface area contributed by atoms with E-state index >= 15 is 0 Å². The molecule has 0 saturated heterocycles. The molecule has 0 spiro atoms. The smallest absolute Gasteiger partial charge is 0.251 e. The molecule has 2 aromatic rings. The fourth-order valence-corrected chi connectivity index (χ4v) is 1.46. The first kappa shape index (κ1) is 10.4. The highest BCUT2D eigenvalue weighted by Gasteiger charge is 2.03. The molecular formula is C12H13N3O. The molecule has 0 saturated carbocycles. The minimum Gasteiger partial charge on any atom is -0.366 e. The van der Waals surface area contributed by atoms with Crippen molar-refractivity contribution in [1.82, 2.24) is 9.78 Å². The van der Waals surface area contributed by atoms with Gasteiger partial charge in [0.25, 0.3) is 5.91 Å². The van der Waals surface area contributed by atoms with E-state index in [1.54, 1.807) is 10.9 Å². The van der Waals surface area contributed by atoms with Gasteiger partial charge in [-0.3, -0.25) is 9.48 Å². The summed E-state index contributed by atoms with van der Waals surface area (Å²) in [6.45, 7) is 2.69. The van der Waals surface area contributed by atoms with Gasteiger partial charge in [-0.2, -0.15) is 5.10 Å². The Morgan fingerprint density at radius 3 is 2.62 bits per heavy atom. The Kier molecular flexibility index (Phi) is 2.72. The third kappa shape index (κ3) is 2.28. The molecule has 2 N–H and O–H groups in total. The number of aromatic nitrogens is 2. The monoisotopic (exact) mass is 215 g/mol. The van der Waals surface area contributed by atoms with Gasteiger partial charge in [0.2, 0.25) is 0 Å². The molecule has 0 unspecified atom stereocenters. The SMILES string of the molecule is Cc1ccc(Cn2cc(C(N)=O)cn2)cc1. The molecule has 1 heterocycles. The summed E-state index contributed by atoms with van der Waals surface area (Å²) in [6.07, 6.45) is 3.14. The second-order valence-electron chi connectivity index (χ2n) is 3.78. The zero-order chi connectivity index (χ0) is 11.5. The quantitative estimate of drug-likeness (QED) is 0.839. The number of carbonyl (C=O) groups is 1. The molecule has 82 valence electrons. The summed E-state index contributed by atoms with van der Waals surface area (Å²) in [5.74, 6) is -0.449. The van der Waals surface area contributed by atoms with Crippen molar-refractivity contribution in [2.75, 3.05) is 0 Å². The van der Waals surface area contributed by atoms with Crippen LogP contribution >= 0.6 is 0 Å². The number of nitrogens with zero attached hydrogens (tertiary/aromatic N) is 2. The zero-order valence-corrected chi connectivity index (χ0v) is 9.05. The Hall–Kier alpha value is -2.10. The van der Waals surface area contributed by atoms with Gasteiger partial charge in [0.15, 0.2) is 0 Å². The third-order valence-corrected chi connectivity index (χ3v) is 2.38. The van der Waals surface area contributed by atoms with E-state index in [1.807, 2.05) is 31.2 Å². The highest BCUT2D eigenvalue weighted by Crippen LogP contribution is 2.06. The number of hydrogen-bond donors (Lipinski definition) is 1. The number of rotatable bonds is 3. The van der Waals surface area contributed by atoms with Crippen molar-refractivity contribution in [3.05, 3.63) is 53.3 Å². The van der Waals surface area contributed by atoms with Gasteiger partial charge in [-0.25, -0.2) is 0 Å².